The molecule has 0 fully saturated rings. The zero-order valence-corrected chi connectivity index (χ0v) is 50.4. The first-order valence-corrected chi connectivity index (χ1v) is 28.0. The van der Waals surface area contributed by atoms with E-state index in [4.69, 9.17) is 17.9 Å². The van der Waals surface area contributed by atoms with Crippen molar-refractivity contribution >= 4 is 32.8 Å². The zero-order chi connectivity index (χ0) is 65.6. The molecule has 0 saturated heterocycles. The molecule has 0 saturated carbocycles. The molecule has 0 spiro atoms. The number of imidazole rings is 1. The maximum absolute atomic E-state index is 9.47. The molecular weight excluding hydrogens is 1200 g/mol. The molecule has 0 amide bonds. The molecule has 4 heterocycles. The van der Waals surface area contributed by atoms with E-state index in [0.717, 1.165) is 61.0 Å². The van der Waals surface area contributed by atoms with Gasteiger partial charge in [-0.3, -0.25) is 4.57 Å². The van der Waals surface area contributed by atoms with Crippen molar-refractivity contribution in [3.8, 4) is 95.5 Å². The van der Waals surface area contributed by atoms with Crippen LogP contribution in [-0.2, 0) is 37.3 Å². The number of hydrogen-bond donors (Lipinski definition) is 0. The Labute approximate surface area is 521 Å². The van der Waals surface area contributed by atoms with Crippen LogP contribution < -0.4 is 9.30 Å². The topological polar surface area (TPSA) is 35.9 Å². The predicted octanol–water partition coefficient (Wildman–Crippen LogP) is 19.8. The van der Waals surface area contributed by atoms with Crippen molar-refractivity contribution in [2.24, 2.45) is 0 Å². The van der Waals surface area contributed by atoms with E-state index >= 15 is 0 Å². The number of rotatable bonds is 7. The fourth-order valence-corrected chi connectivity index (χ4v) is 11.7. The van der Waals surface area contributed by atoms with Gasteiger partial charge in [0.2, 0.25) is 0 Å². The molecule has 5 nitrogen and oxygen atoms in total. The number of aromatic nitrogens is 4. The number of pyridine rings is 1. The van der Waals surface area contributed by atoms with E-state index in [1.54, 1.807) is 6.07 Å². The Bertz CT molecular complexity index is 5250. The quantitative estimate of drug-likeness (QED) is 0.118. The Morgan fingerprint density at radius 2 is 1.08 bits per heavy atom. The van der Waals surface area contributed by atoms with Gasteiger partial charge >= 0.3 is 0 Å². The second-order valence-corrected chi connectivity index (χ2v) is 24.5. The maximum atomic E-state index is 9.47. The summed E-state index contributed by atoms with van der Waals surface area (Å²) in [7, 11) is 0. The molecule has 1 aliphatic rings. The predicted molar refractivity (Wildman–Crippen MR) is 342 cm³/mol. The van der Waals surface area contributed by atoms with Crippen LogP contribution in [0.3, 0.4) is 0 Å². The normalized spacial score (nSPS) is 13.9. The van der Waals surface area contributed by atoms with Crippen molar-refractivity contribution < 1.29 is 44.1 Å². The summed E-state index contributed by atoms with van der Waals surface area (Å²) >= 11 is 0. The summed E-state index contributed by atoms with van der Waals surface area (Å²) in [6.45, 7) is 19.8. The summed E-state index contributed by atoms with van der Waals surface area (Å²) in [6, 6.07) is 54.8. The Kier molecular flexibility index (Phi) is 10.8. The first kappa shape index (κ1) is 43.7. The van der Waals surface area contributed by atoms with Gasteiger partial charge in [0.15, 0.2) is 0 Å². The van der Waals surface area contributed by atoms with Gasteiger partial charge in [0.25, 0.3) is 6.33 Å². The van der Waals surface area contributed by atoms with Gasteiger partial charge in [-0.2, -0.15) is 18.2 Å². The second-order valence-electron chi connectivity index (χ2n) is 24.5. The molecular formula is C78H64N4OPt-2. The first-order chi connectivity index (χ1) is 44.2. The Morgan fingerprint density at radius 3 is 1.81 bits per heavy atom. The van der Waals surface area contributed by atoms with Crippen molar-refractivity contribution in [2.45, 2.75) is 78.6 Å². The van der Waals surface area contributed by atoms with Crippen molar-refractivity contribution in [3.63, 3.8) is 0 Å². The van der Waals surface area contributed by atoms with Crippen LogP contribution in [0.2, 0.25) is 0 Å². The number of nitrogens with zero attached hydrogens (tertiary/aromatic N) is 4. The minimum atomic E-state index is -0.525. The molecule has 84 heavy (non-hydrogen) atoms. The van der Waals surface area contributed by atoms with Gasteiger partial charge in [-0.05, 0) is 135 Å². The number of ether oxygens (including phenoxy) is 1. The van der Waals surface area contributed by atoms with Gasteiger partial charge < -0.3 is 13.9 Å². The second kappa shape index (κ2) is 20.8. The van der Waals surface area contributed by atoms with Gasteiger partial charge in [0.05, 0.1) is 30.4 Å². The van der Waals surface area contributed by atoms with Gasteiger partial charge in [-0.1, -0.05) is 231 Å². The molecule has 414 valence electrons. The number of hydrogen-bond acceptors (Lipinski definition) is 2. The molecule has 0 bridgehead atoms. The van der Waals surface area contributed by atoms with Crippen LogP contribution in [0.4, 0.5) is 0 Å². The minimum absolute atomic E-state index is 0. The SMILES string of the molecule is [2H]c1c([2H])c([2H])c(-c2cc3c4c(c2)n(-c2[c-]c(Oc5[c-]c6c(cc5)c5ccccc5n6-c5cc(C(C)(C)C)ccn5)ccc2)[c-][n+]4-c2c(-c4cc(C(C)(C)C)cc(C(C)(C)C)c4)cccc2-c2cccc(-c4c([2H])c([2H])c([2H])c([2H])c4[2H])c2-c2ccccc2-3)c([2H])c1[2H].[Pt]. The van der Waals surface area contributed by atoms with Crippen LogP contribution in [0.1, 0.15) is 92.7 Å². The Morgan fingerprint density at radius 1 is 0.464 bits per heavy atom. The third kappa shape index (κ3) is 9.49. The molecule has 13 aromatic rings. The molecule has 0 N–H and O–H groups in total. The first-order valence-electron chi connectivity index (χ1n) is 33.0. The van der Waals surface area contributed by atoms with Crippen molar-refractivity contribution in [1.29, 1.82) is 0 Å². The summed E-state index contributed by atoms with van der Waals surface area (Å²) in [5.74, 6) is 1.54. The minimum Gasteiger partial charge on any atom is -0.510 e. The number of para-hydroxylation sites is 2. The van der Waals surface area contributed by atoms with Crippen molar-refractivity contribution in [3.05, 3.63) is 259 Å². The van der Waals surface area contributed by atoms with Crippen LogP contribution in [0.5, 0.6) is 11.5 Å². The standard InChI is InChI=1S/C78H64N4O.Pt/c1-76(2,3)54-39-40-79-72(46-54)82-69-36-19-18-30-63(69)64-38-37-59(48-70(64)82)83-58-28-20-27-57(47-58)80-49-81-74-61(53-41-55(77(4,5)6)45-56(42-53)78(7,8)9)33-22-35-67(74)66-34-21-32-60(51-25-14-11-15-26-51)73(66)65-31-17-16-29-62(65)68-43-52(44-71(80)75(68)81)50-23-12-10-13-24-50;/h10-46H,1-9H3;/q-2;/i10D,11D,12D,13D,14D,15D,23D,24D,25D,26D;. The Balaban J connectivity index is 0.00000803. The van der Waals surface area contributed by atoms with E-state index in [1.165, 1.54) is 0 Å². The van der Waals surface area contributed by atoms with E-state index in [-0.39, 0.29) is 72.6 Å². The van der Waals surface area contributed by atoms with Crippen molar-refractivity contribution in [2.75, 3.05) is 0 Å². The van der Waals surface area contributed by atoms with Crippen LogP contribution in [0.25, 0.3) is 117 Å². The largest absolute Gasteiger partial charge is 0.510 e. The van der Waals surface area contributed by atoms with Gasteiger partial charge in [-0.25, -0.2) is 4.98 Å². The van der Waals surface area contributed by atoms with Crippen LogP contribution in [0.15, 0.2) is 224 Å². The molecule has 0 radical (unpaired) electrons. The van der Waals surface area contributed by atoms with E-state index in [9.17, 15) is 5.48 Å². The summed E-state index contributed by atoms with van der Waals surface area (Å²) in [6.07, 6.45) is 5.70. The summed E-state index contributed by atoms with van der Waals surface area (Å²) < 4.78 is 104. The smallest absolute Gasteiger partial charge is 0.268 e. The Hall–Kier alpha value is -8.89. The van der Waals surface area contributed by atoms with Crippen LogP contribution in [0, 0.1) is 18.5 Å². The molecule has 0 atom stereocenters. The molecule has 6 heteroatoms. The fraction of sp³-hybridized carbons (Fsp3) is 0.154. The third-order valence-electron chi connectivity index (χ3n) is 16.0. The van der Waals surface area contributed by atoms with Crippen LogP contribution >= 0.6 is 0 Å². The van der Waals surface area contributed by atoms with Gasteiger partial charge in [0.1, 0.15) is 5.82 Å². The third-order valence-corrected chi connectivity index (χ3v) is 16.0. The number of fused-ring (bicyclic) bond motifs is 10. The van der Waals surface area contributed by atoms with E-state index in [0.29, 0.717) is 72.9 Å². The van der Waals surface area contributed by atoms with E-state index < -0.39 is 36.3 Å². The summed E-state index contributed by atoms with van der Waals surface area (Å²) in [5, 5.41) is 2.02. The number of benzene rings is 10. The summed E-state index contributed by atoms with van der Waals surface area (Å²) in [4.78, 5) is 4.89. The van der Waals surface area contributed by atoms with Gasteiger partial charge in [-0.15, -0.1) is 29.7 Å². The molecule has 0 aliphatic carbocycles. The summed E-state index contributed by atoms with van der Waals surface area (Å²) in [5.41, 5.74) is 13.2. The van der Waals surface area contributed by atoms with Crippen LogP contribution in [-0.4, -0.2) is 14.1 Å². The fourth-order valence-electron chi connectivity index (χ4n) is 11.7. The van der Waals surface area contributed by atoms with E-state index in [2.05, 4.69) is 132 Å². The molecule has 0 unspecified atom stereocenters. The molecule has 14 rings (SSSR count). The molecule has 3 aromatic heterocycles. The van der Waals surface area contributed by atoms with Gasteiger partial charge in [0, 0.05) is 44.3 Å². The zero-order valence-electron chi connectivity index (χ0n) is 58.1. The monoisotopic (exact) mass is 1280 g/mol. The average molecular weight is 1280 g/mol. The van der Waals surface area contributed by atoms with Crippen molar-refractivity contribution in [1.82, 2.24) is 14.1 Å². The molecule has 1 aliphatic heterocycles. The maximum Gasteiger partial charge on any atom is 0.268 e. The average Bonchev–Trinajstić information content (AvgIpc) is 1.58. The molecule has 10 aromatic carbocycles. The van der Waals surface area contributed by atoms with E-state index in [1.807, 2.05) is 120 Å².